The Kier molecular flexibility index (Phi) is 4.55. The van der Waals surface area contributed by atoms with Gasteiger partial charge in [0.25, 0.3) is 0 Å². The molecule has 3 heterocycles. The summed E-state index contributed by atoms with van der Waals surface area (Å²) in [6, 6.07) is 7.44. The molecule has 1 fully saturated rings. The van der Waals surface area contributed by atoms with Crippen molar-refractivity contribution in [2.75, 3.05) is 5.73 Å². The summed E-state index contributed by atoms with van der Waals surface area (Å²) >= 11 is 0. The van der Waals surface area contributed by atoms with Crippen LogP contribution in [0.1, 0.15) is 43.0 Å². The fourth-order valence-corrected chi connectivity index (χ4v) is 3.53. The van der Waals surface area contributed by atoms with Crippen LogP contribution < -0.4 is 11.4 Å². The van der Waals surface area contributed by atoms with Gasteiger partial charge in [-0.3, -0.25) is 4.57 Å². The van der Waals surface area contributed by atoms with E-state index in [9.17, 15) is 4.79 Å². The van der Waals surface area contributed by atoms with Crippen molar-refractivity contribution < 1.29 is 4.52 Å². The molecule has 1 atom stereocenters. The van der Waals surface area contributed by atoms with Crippen molar-refractivity contribution in [2.45, 2.75) is 39.2 Å². The molecular formula is C22H21N7O2. The molecule has 1 aromatic carbocycles. The van der Waals surface area contributed by atoms with Gasteiger partial charge in [-0.05, 0) is 43.9 Å². The zero-order valence-electron chi connectivity index (χ0n) is 17.2. The molecule has 0 radical (unpaired) electrons. The Labute approximate surface area is 177 Å². The van der Waals surface area contributed by atoms with Gasteiger partial charge >= 0.3 is 5.69 Å². The van der Waals surface area contributed by atoms with Crippen LogP contribution >= 0.6 is 0 Å². The van der Waals surface area contributed by atoms with E-state index in [2.05, 4.69) is 31.9 Å². The number of benzene rings is 1. The Hall–Kier alpha value is -3.93. The van der Waals surface area contributed by atoms with Gasteiger partial charge in [0.05, 0.1) is 17.0 Å². The predicted octanol–water partition coefficient (Wildman–Crippen LogP) is 2.42. The zero-order valence-corrected chi connectivity index (χ0v) is 17.2. The Morgan fingerprint density at radius 1 is 1.26 bits per heavy atom. The van der Waals surface area contributed by atoms with Crippen molar-refractivity contribution in [3.05, 3.63) is 58.2 Å². The van der Waals surface area contributed by atoms with E-state index in [1.54, 1.807) is 23.8 Å². The lowest BCUT2D eigenvalue weighted by molar-refractivity contribution is 0.386. The van der Waals surface area contributed by atoms with Gasteiger partial charge in [-0.2, -0.15) is 9.97 Å². The molecule has 1 aliphatic carbocycles. The van der Waals surface area contributed by atoms with E-state index in [0.717, 1.165) is 29.4 Å². The number of rotatable bonds is 4. The highest BCUT2D eigenvalue weighted by atomic mass is 16.5. The third-order valence-corrected chi connectivity index (χ3v) is 5.32. The van der Waals surface area contributed by atoms with Gasteiger partial charge in [-0.1, -0.05) is 17.0 Å². The molecule has 0 spiro atoms. The number of hydrogen-bond acceptors (Lipinski definition) is 7. The largest absolute Gasteiger partial charge is 0.368 e. The number of nitrogen functional groups attached to an aromatic ring is 1. The maximum Gasteiger partial charge on any atom is 0.334 e. The maximum absolute atomic E-state index is 13.3. The molecule has 31 heavy (non-hydrogen) atoms. The van der Waals surface area contributed by atoms with Crippen molar-refractivity contribution in [2.24, 2.45) is 5.92 Å². The number of aromatic nitrogens is 6. The SMILES string of the molecule is Cc1nc([C@@H](C)C#Cc2ccc3c(c2)n(-c2ccnc(N)n2)c(=O)n3CC2CC2)no1. The highest BCUT2D eigenvalue weighted by Crippen LogP contribution is 2.31. The summed E-state index contributed by atoms with van der Waals surface area (Å²) in [5, 5.41) is 3.92. The van der Waals surface area contributed by atoms with Crippen LogP contribution in [-0.4, -0.2) is 29.2 Å². The standard InChI is InChI=1S/C22H21N7O2/c1-13(20-25-14(2)31-27-20)3-4-15-7-8-17-18(11-15)29(19-9-10-24-21(23)26-19)22(30)28(17)12-16-5-6-16/h7-11,13,16H,5-6,12H2,1-2H3,(H2,23,24,26)/t13-/m0/s1. The minimum absolute atomic E-state index is 0.118. The minimum atomic E-state index is -0.184. The molecule has 1 saturated carbocycles. The third-order valence-electron chi connectivity index (χ3n) is 5.32. The maximum atomic E-state index is 13.3. The third kappa shape index (κ3) is 3.68. The number of nitrogens with two attached hydrogens (primary N) is 1. The molecule has 1 aliphatic rings. The molecular weight excluding hydrogens is 394 g/mol. The van der Waals surface area contributed by atoms with Gasteiger partial charge in [-0.15, -0.1) is 0 Å². The Balaban J connectivity index is 1.61. The fraction of sp³-hybridized carbons (Fsp3) is 0.318. The summed E-state index contributed by atoms with van der Waals surface area (Å²) in [6.45, 7) is 4.36. The van der Waals surface area contributed by atoms with Crippen molar-refractivity contribution in [3.8, 4) is 17.7 Å². The Morgan fingerprint density at radius 3 is 2.81 bits per heavy atom. The van der Waals surface area contributed by atoms with Crippen LogP contribution in [0.4, 0.5) is 5.95 Å². The Morgan fingerprint density at radius 2 is 2.10 bits per heavy atom. The van der Waals surface area contributed by atoms with Crippen LogP contribution in [0.25, 0.3) is 16.9 Å². The van der Waals surface area contributed by atoms with E-state index in [1.165, 1.54) is 0 Å². The van der Waals surface area contributed by atoms with E-state index in [4.69, 9.17) is 10.3 Å². The summed E-state index contributed by atoms with van der Waals surface area (Å²) in [6.07, 6.45) is 3.85. The van der Waals surface area contributed by atoms with Gasteiger partial charge in [-0.25, -0.2) is 14.3 Å². The van der Waals surface area contributed by atoms with Crippen molar-refractivity contribution in [3.63, 3.8) is 0 Å². The lowest BCUT2D eigenvalue weighted by atomic mass is 10.1. The van der Waals surface area contributed by atoms with Gasteiger partial charge < -0.3 is 10.3 Å². The van der Waals surface area contributed by atoms with E-state index < -0.39 is 0 Å². The lowest BCUT2D eigenvalue weighted by Gasteiger charge is -2.03. The summed E-state index contributed by atoms with van der Waals surface area (Å²) < 4.78 is 8.42. The van der Waals surface area contributed by atoms with Crippen LogP contribution in [0.5, 0.6) is 0 Å². The van der Waals surface area contributed by atoms with E-state index in [0.29, 0.717) is 30.0 Å². The minimum Gasteiger partial charge on any atom is -0.368 e. The quantitative estimate of drug-likeness (QED) is 0.509. The molecule has 0 amide bonds. The van der Waals surface area contributed by atoms with Gasteiger partial charge in [0.15, 0.2) is 5.82 Å². The van der Waals surface area contributed by atoms with Gasteiger partial charge in [0.2, 0.25) is 11.8 Å². The van der Waals surface area contributed by atoms with E-state index in [-0.39, 0.29) is 17.6 Å². The number of fused-ring (bicyclic) bond motifs is 1. The molecule has 0 bridgehead atoms. The predicted molar refractivity (Wildman–Crippen MR) is 115 cm³/mol. The topological polar surface area (TPSA) is 118 Å². The molecule has 9 nitrogen and oxygen atoms in total. The number of hydrogen-bond donors (Lipinski definition) is 1. The smallest absolute Gasteiger partial charge is 0.334 e. The molecule has 3 aromatic heterocycles. The van der Waals surface area contributed by atoms with E-state index in [1.807, 2.05) is 29.7 Å². The monoisotopic (exact) mass is 415 g/mol. The average Bonchev–Trinajstić information content (AvgIpc) is 3.40. The second kappa shape index (κ2) is 7.40. The molecule has 5 rings (SSSR count). The number of anilines is 1. The molecule has 156 valence electrons. The van der Waals surface area contributed by atoms with Crippen LogP contribution in [0.2, 0.25) is 0 Å². The van der Waals surface area contributed by atoms with Crippen molar-refractivity contribution >= 4 is 17.0 Å². The zero-order chi connectivity index (χ0) is 21.5. The van der Waals surface area contributed by atoms with Crippen molar-refractivity contribution in [1.82, 2.24) is 29.2 Å². The molecule has 4 aromatic rings. The molecule has 0 aliphatic heterocycles. The summed E-state index contributed by atoms with van der Waals surface area (Å²) in [5.74, 6) is 8.30. The van der Waals surface area contributed by atoms with Crippen LogP contribution in [0.15, 0.2) is 39.8 Å². The summed E-state index contributed by atoms with van der Waals surface area (Å²) in [7, 11) is 0. The molecule has 2 N–H and O–H groups in total. The molecule has 0 unspecified atom stereocenters. The van der Waals surface area contributed by atoms with Crippen LogP contribution in [0, 0.1) is 24.7 Å². The second-order valence-corrected chi connectivity index (χ2v) is 7.81. The molecule has 0 saturated heterocycles. The first-order valence-corrected chi connectivity index (χ1v) is 10.2. The highest BCUT2D eigenvalue weighted by molar-refractivity contribution is 5.79. The Bertz CT molecular complexity index is 1400. The second-order valence-electron chi connectivity index (χ2n) is 7.81. The average molecular weight is 415 g/mol. The van der Waals surface area contributed by atoms with Gasteiger partial charge in [0.1, 0.15) is 5.82 Å². The first-order chi connectivity index (χ1) is 15.0. The summed E-state index contributed by atoms with van der Waals surface area (Å²) in [5.41, 5.74) is 7.99. The van der Waals surface area contributed by atoms with Gasteiger partial charge in [0, 0.05) is 31.3 Å². The highest BCUT2D eigenvalue weighted by Gasteiger charge is 2.25. The number of nitrogens with zero attached hydrogens (tertiary/aromatic N) is 6. The molecule has 9 heteroatoms. The van der Waals surface area contributed by atoms with Crippen molar-refractivity contribution in [1.29, 1.82) is 0 Å². The first kappa shape index (κ1) is 19.1. The summed E-state index contributed by atoms with van der Waals surface area (Å²) in [4.78, 5) is 25.7. The van der Waals surface area contributed by atoms with E-state index >= 15 is 0 Å². The van der Waals surface area contributed by atoms with Crippen LogP contribution in [-0.2, 0) is 6.54 Å². The normalized spacial score (nSPS) is 14.4. The number of aryl methyl sites for hydroxylation is 1. The first-order valence-electron chi connectivity index (χ1n) is 10.2. The van der Waals surface area contributed by atoms with Crippen LogP contribution in [0.3, 0.4) is 0 Å². The number of imidazole rings is 1. The fourth-order valence-electron chi connectivity index (χ4n) is 3.53. The lowest BCUT2D eigenvalue weighted by Crippen LogP contribution is -2.24.